The Hall–Kier alpha value is -2.06. The highest BCUT2D eigenvalue weighted by Crippen LogP contribution is 2.33. The molecule has 1 heterocycles. The van der Waals surface area contributed by atoms with Gasteiger partial charge in [-0.3, -0.25) is 0 Å². The summed E-state index contributed by atoms with van der Waals surface area (Å²) >= 11 is 11.3. The predicted molar refractivity (Wildman–Crippen MR) is 75.9 cm³/mol. The van der Waals surface area contributed by atoms with Gasteiger partial charge in [-0.25, -0.2) is 23.0 Å². The van der Waals surface area contributed by atoms with Crippen LogP contribution in [0, 0.1) is 5.82 Å². The minimum Gasteiger partial charge on any atom is -0.492 e. The molecule has 3 N–H and O–H groups in total. The van der Waals surface area contributed by atoms with Crippen molar-refractivity contribution in [3.63, 3.8) is 0 Å². The van der Waals surface area contributed by atoms with Crippen molar-refractivity contribution >= 4 is 35.1 Å². The molecule has 0 bridgehead atoms. The molecule has 0 fully saturated rings. The Labute approximate surface area is 133 Å². The van der Waals surface area contributed by atoms with Gasteiger partial charge in [0, 0.05) is 17.3 Å². The molecule has 0 saturated carbocycles. The molecule has 0 radical (unpaired) electrons. The number of benzene rings is 1. The van der Waals surface area contributed by atoms with Gasteiger partial charge in [-0.05, 0) is 12.1 Å². The molecule has 2 rings (SSSR count). The van der Waals surface area contributed by atoms with Gasteiger partial charge in [0.2, 0.25) is 6.17 Å². The Morgan fingerprint density at radius 2 is 2.14 bits per heavy atom. The Morgan fingerprint density at radius 3 is 2.68 bits per heavy atom. The van der Waals surface area contributed by atoms with Crippen molar-refractivity contribution in [3.8, 4) is 5.75 Å². The highest BCUT2D eigenvalue weighted by Gasteiger charge is 2.35. The van der Waals surface area contributed by atoms with E-state index in [1.165, 1.54) is 13.2 Å². The first-order valence-electron chi connectivity index (χ1n) is 5.73. The number of methoxy groups -OCH3 is 1. The van der Waals surface area contributed by atoms with Crippen LogP contribution in [0.3, 0.4) is 0 Å². The van der Waals surface area contributed by atoms with Crippen LogP contribution in [-0.2, 0) is 4.79 Å². The van der Waals surface area contributed by atoms with Gasteiger partial charge in [-0.2, -0.15) is 0 Å². The van der Waals surface area contributed by atoms with E-state index in [1.807, 2.05) is 0 Å². The molecule has 10 heteroatoms. The van der Waals surface area contributed by atoms with Crippen molar-refractivity contribution in [3.05, 3.63) is 40.2 Å². The molecule has 22 heavy (non-hydrogen) atoms. The van der Waals surface area contributed by atoms with Crippen molar-refractivity contribution in [1.29, 1.82) is 0 Å². The summed E-state index contributed by atoms with van der Waals surface area (Å²) in [6, 6.07) is 2.39. The van der Waals surface area contributed by atoms with E-state index in [-0.39, 0.29) is 16.3 Å². The lowest BCUT2D eigenvalue weighted by Gasteiger charge is -2.26. The number of ether oxygens (including phenoxy) is 1. The van der Waals surface area contributed by atoms with Crippen LogP contribution >= 0.6 is 23.4 Å². The zero-order chi connectivity index (χ0) is 16.6. The molecule has 118 valence electrons. The molecule has 0 spiro atoms. The number of aliphatic imine (C=N–C) groups is 1. The summed E-state index contributed by atoms with van der Waals surface area (Å²) in [6.45, 7) is 0. The van der Waals surface area contributed by atoms with Gasteiger partial charge in [-0.1, -0.05) is 11.6 Å². The van der Waals surface area contributed by atoms with E-state index >= 15 is 0 Å². The maximum absolute atomic E-state index is 14.3. The van der Waals surface area contributed by atoms with Gasteiger partial charge in [-0.15, -0.1) is 0 Å². The first kappa shape index (κ1) is 16.3. The number of aliphatic carboxylic acids is 1. The lowest BCUT2D eigenvalue weighted by molar-refractivity contribution is -0.140. The van der Waals surface area contributed by atoms with Crippen molar-refractivity contribution in [1.82, 2.24) is 4.42 Å². The highest BCUT2D eigenvalue weighted by atomic mass is 35.5. The van der Waals surface area contributed by atoms with Crippen molar-refractivity contribution in [2.75, 3.05) is 7.11 Å². The smallest absolute Gasteiger partial charge is 0.350 e. The Balaban J connectivity index is 2.65. The molecule has 1 aromatic rings. The molecule has 1 atom stereocenters. The fourth-order valence-electron chi connectivity index (χ4n) is 1.82. The number of rotatable bonds is 3. The van der Waals surface area contributed by atoms with Crippen LogP contribution in [0.25, 0.3) is 0 Å². The summed E-state index contributed by atoms with van der Waals surface area (Å²) in [5.74, 6) is -4.65. The summed E-state index contributed by atoms with van der Waals surface area (Å²) in [5.41, 5.74) is 4.46. The standard InChI is InChI=1S/C12H9Cl2F2N3O3/c1-22-9-5(13)3-2-4(6(9)15)8-7(16)10(17)19(14)11(18-8)12(20)21/h2-3,11H,17H2,1H3,(H,20,21). The molecule has 0 saturated heterocycles. The topological polar surface area (TPSA) is 88.2 Å². The second kappa shape index (κ2) is 5.98. The minimum absolute atomic E-state index is 0.0359. The minimum atomic E-state index is -1.70. The Bertz CT molecular complexity index is 709. The summed E-state index contributed by atoms with van der Waals surface area (Å²) in [5, 5.41) is 8.98. The monoisotopic (exact) mass is 351 g/mol. The third kappa shape index (κ3) is 2.55. The van der Waals surface area contributed by atoms with Gasteiger partial charge in [0.1, 0.15) is 5.71 Å². The zero-order valence-corrected chi connectivity index (χ0v) is 12.5. The number of allylic oxidation sites excluding steroid dienone is 1. The average Bonchev–Trinajstić information content (AvgIpc) is 2.46. The molecule has 0 aliphatic carbocycles. The van der Waals surface area contributed by atoms with Crippen LogP contribution in [-0.4, -0.2) is 34.5 Å². The Kier molecular flexibility index (Phi) is 4.43. The average molecular weight is 352 g/mol. The second-order valence-electron chi connectivity index (χ2n) is 4.14. The molecule has 0 aromatic heterocycles. The van der Waals surface area contributed by atoms with Gasteiger partial charge < -0.3 is 15.6 Å². The van der Waals surface area contributed by atoms with Gasteiger partial charge in [0.15, 0.2) is 23.2 Å². The van der Waals surface area contributed by atoms with E-state index in [0.29, 0.717) is 4.42 Å². The van der Waals surface area contributed by atoms with Crippen molar-refractivity contribution < 1.29 is 23.4 Å². The fraction of sp³-hybridized carbons (Fsp3) is 0.167. The molecular weight excluding hydrogens is 343 g/mol. The zero-order valence-electron chi connectivity index (χ0n) is 11.0. The first-order valence-corrected chi connectivity index (χ1v) is 6.44. The van der Waals surface area contributed by atoms with Gasteiger partial charge >= 0.3 is 5.97 Å². The second-order valence-corrected chi connectivity index (χ2v) is 4.91. The number of carboxylic acid groups (broad SMARTS) is 1. The number of carboxylic acids is 1. The first-order chi connectivity index (χ1) is 10.3. The van der Waals surface area contributed by atoms with Crippen LogP contribution in [0.2, 0.25) is 5.02 Å². The molecule has 1 aromatic carbocycles. The molecule has 1 aliphatic heterocycles. The third-order valence-electron chi connectivity index (χ3n) is 2.86. The number of hydrogen-bond acceptors (Lipinski definition) is 5. The van der Waals surface area contributed by atoms with Crippen LogP contribution in [0.4, 0.5) is 8.78 Å². The fourth-order valence-corrected chi connectivity index (χ4v) is 2.24. The van der Waals surface area contributed by atoms with Crippen LogP contribution in [0.5, 0.6) is 5.75 Å². The van der Waals surface area contributed by atoms with E-state index in [2.05, 4.69) is 4.99 Å². The highest BCUT2D eigenvalue weighted by molar-refractivity contribution is 6.32. The summed E-state index contributed by atoms with van der Waals surface area (Å²) in [6.07, 6.45) is -1.70. The van der Waals surface area contributed by atoms with E-state index in [4.69, 9.17) is 39.0 Å². The van der Waals surface area contributed by atoms with Crippen LogP contribution in [0.15, 0.2) is 28.8 Å². The number of hydrogen-bond donors (Lipinski definition) is 2. The van der Waals surface area contributed by atoms with Crippen LogP contribution < -0.4 is 10.5 Å². The lowest BCUT2D eigenvalue weighted by Crippen LogP contribution is -2.40. The molecule has 1 aliphatic rings. The quantitative estimate of drug-likeness (QED) is 0.815. The third-order valence-corrected chi connectivity index (χ3v) is 3.52. The Morgan fingerprint density at radius 1 is 1.50 bits per heavy atom. The van der Waals surface area contributed by atoms with Gasteiger partial charge in [0.05, 0.1) is 12.1 Å². The summed E-state index contributed by atoms with van der Waals surface area (Å²) < 4.78 is 33.7. The van der Waals surface area contributed by atoms with Gasteiger partial charge in [0.25, 0.3) is 0 Å². The van der Waals surface area contributed by atoms with Crippen LogP contribution in [0.1, 0.15) is 5.56 Å². The van der Waals surface area contributed by atoms with E-state index in [1.54, 1.807) is 0 Å². The van der Waals surface area contributed by atoms with Crippen molar-refractivity contribution in [2.45, 2.75) is 6.17 Å². The summed E-state index contributed by atoms with van der Waals surface area (Å²) in [7, 11) is 1.18. The molecular formula is C12H9Cl2F2N3O3. The predicted octanol–water partition coefficient (Wildman–Crippen LogP) is 2.25. The van der Waals surface area contributed by atoms with E-state index < -0.39 is 35.3 Å². The largest absolute Gasteiger partial charge is 0.492 e. The number of nitrogens with two attached hydrogens (primary N) is 1. The number of carbonyl (C=O) groups is 1. The van der Waals surface area contributed by atoms with Crippen molar-refractivity contribution in [2.24, 2.45) is 10.7 Å². The number of nitrogens with zero attached hydrogens (tertiary/aromatic N) is 2. The normalized spacial score (nSPS) is 18.3. The molecule has 6 nitrogen and oxygen atoms in total. The van der Waals surface area contributed by atoms with E-state index in [0.717, 1.165) is 6.07 Å². The molecule has 1 unspecified atom stereocenters. The lowest BCUT2D eigenvalue weighted by atomic mass is 10.1. The SMILES string of the molecule is COc1c(Cl)ccc(C2=NC(C(=O)O)N(Cl)C(N)=C2F)c1F. The maximum atomic E-state index is 14.3. The summed E-state index contributed by atoms with van der Waals surface area (Å²) in [4.78, 5) is 14.7. The maximum Gasteiger partial charge on any atom is 0.350 e. The molecule has 0 amide bonds. The van der Waals surface area contributed by atoms with E-state index in [9.17, 15) is 13.6 Å². The number of halogens is 4.